The van der Waals surface area contributed by atoms with Crippen LogP contribution < -0.4 is 15.8 Å². The Bertz CT molecular complexity index is 414. The van der Waals surface area contributed by atoms with Gasteiger partial charge in [0.05, 0.1) is 12.8 Å². The van der Waals surface area contributed by atoms with Crippen molar-refractivity contribution in [3.8, 4) is 5.75 Å². The van der Waals surface area contributed by atoms with Crippen LogP contribution in [-0.4, -0.2) is 19.1 Å². The van der Waals surface area contributed by atoms with Gasteiger partial charge in [-0.1, -0.05) is 19.9 Å². The highest BCUT2D eigenvalue weighted by atomic mass is 16.5. The Morgan fingerprint density at radius 1 is 1.39 bits per heavy atom. The zero-order valence-electron chi connectivity index (χ0n) is 11.5. The Kier molecular flexibility index (Phi) is 5.16. The summed E-state index contributed by atoms with van der Waals surface area (Å²) in [6.07, 6.45) is 0.301. The summed E-state index contributed by atoms with van der Waals surface area (Å²) < 4.78 is 5.30. The molecule has 1 atom stereocenters. The summed E-state index contributed by atoms with van der Waals surface area (Å²) in [7, 11) is 1.60. The number of anilines is 1. The molecule has 0 radical (unpaired) electrons. The van der Waals surface area contributed by atoms with E-state index < -0.39 is 0 Å². The number of hydrogen-bond acceptors (Lipinski definition) is 3. The molecule has 0 aliphatic rings. The number of rotatable bonds is 5. The van der Waals surface area contributed by atoms with E-state index in [1.54, 1.807) is 14.0 Å². The molecule has 1 amide bonds. The van der Waals surface area contributed by atoms with E-state index in [1.165, 1.54) is 5.56 Å². The van der Waals surface area contributed by atoms with Gasteiger partial charge < -0.3 is 15.8 Å². The van der Waals surface area contributed by atoms with Gasteiger partial charge in [-0.15, -0.1) is 0 Å². The Labute approximate surface area is 109 Å². The summed E-state index contributed by atoms with van der Waals surface area (Å²) in [6.45, 7) is 6.03. The fourth-order valence-corrected chi connectivity index (χ4v) is 1.66. The number of methoxy groups -OCH3 is 1. The Hall–Kier alpha value is -1.55. The van der Waals surface area contributed by atoms with Crippen molar-refractivity contribution >= 4 is 11.6 Å². The third-order valence-corrected chi connectivity index (χ3v) is 2.67. The lowest BCUT2D eigenvalue weighted by atomic mass is 10.0. The molecule has 0 aliphatic heterocycles. The smallest absolute Gasteiger partial charge is 0.226 e. The maximum absolute atomic E-state index is 11.7. The molecule has 0 bridgehead atoms. The molecule has 1 aromatic carbocycles. The van der Waals surface area contributed by atoms with Gasteiger partial charge in [-0.25, -0.2) is 0 Å². The number of benzene rings is 1. The topological polar surface area (TPSA) is 64.3 Å². The van der Waals surface area contributed by atoms with E-state index in [1.807, 2.05) is 18.2 Å². The quantitative estimate of drug-likeness (QED) is 0.844. The van der Waals surface area contributed by atoms with Crippen molar-refractivity contribution < 1.29 is 9.53 Å². The largest absolute Gasteiger partial charge is 0.495 e. The van der Waals surface area contributed by atoms with Crippen LogP contribution in [0.1, 0.15) is 38.7 Å². The minimum absolute atomic E-state index is 0.0967. The van der Waals surface area contributed by atoms with E-state index in [9.17, 15) is 4.79 Å². The molecule has 0 fully saturated rings. The second kappa shape index (κ2) is 6.40. The maximum atomic E-state index is 11.7. The number of carbonyl (C=O) groups is 1. The molecule has 4 nitrogen and oxygen atoms in total. The molecular weight excluding hydrogens is 228 g/mol. The number of hydrogen-bond donors (Lipinski definition) is 2. The van der Waals surface area contributed by atoms with Gasteiger partial charge in [-0.05, 0) is 30.5 Å². The molecule has 18 heavy (non-hydrogen) atoms. The van der Waals surface area contributed by atoms with E-state index in [-0.39, 0.29) is 11.9 Å². The first-order valence-corrected chi connectivity index (χ1v) is 6.17. The molecule has 100 valence electrons. The van der Waals surface area contributed by atoms with Gasteiger partial charge in [-0.3, -0.25) is 4.79 Å². The standard InChI is InChI=1S/C14H22N2O2/c1-9(2)11-5-6-12(13(8-11)18-4)16-14(17)7-10(3)15/h5-6,8-10H,7,15H2,1-4H3,(H,16,17). The first kappa shape index (κ1) is 14.5. The van der Waals surface area contributed by atoms with E-state index in [4.69, 9.17) is 10.5 Å². The number of amides is 1. The predicted molar refractivity (Wildman–Crippen MR) is 74.0 cm³/mol. The number of ether oxygens (including phenoxy) is 1. The van der Waals surface area contributed by atoms with Crippen LogP contribution in [0.25, 0.3) is 0 Å². The first-order chi connectivity index (χ1) is 8.43. The third kappa shape index (κ3) is 4.04. The molecule has 0 aliphatic carbocycles. The lowest BCUT2D eigenvalue weighted by Gasteiger charge is -2.14. The van der Waals surface area contributed by atoms with Gasteiger partial charge in [0.2, 0.25) is 5.91 Å². The predicted octanol–water partition coefficient (Wildman–Crippen LogP) is 2.49. The van der Waals surface area contributed by atoms with Crippen LogP contribution in [0.3, 0.4) is 0 Å². The van der Waals surface area contributed by atoms with Crippen molar-refractivity contribution in [3.05, 3.63) is 23.8 Å². The van der Waals surface area contributed by atoms with Crippen LogP contribution in [-0.2, 0) is 4.79 Å². The molecule has 0 spiro atoms. The monoisotopic (exact) mass is 250 g/mol. The van der Waals surface area contributed by atoms with E-state index >= 15 is 0 Å². The summed E-state index contributed by atoms with van der Waals surface area (Å²) >= 11 is 0. The molecule has 3 N–H and O–H groups in total. The molecule has 1 aromatic rings. The highest BCUT2D eigenvalue weighted by Crippen LogP contribution is 2.28. The molecule has 0 saturated heterocycles. The van der Waals surface area contributed by atoms with Gasteiger partial charge in [0.25, 0.3) is 0 Å². The van der Waals surface area contributed by atoms with Gasteiger partial charge in [0, 0.05) is 12.5 Å². The van der Waals surface area contributed by atoms with Gasteiger partial charge in [0.1, 0.15) is 5.75 Å². The van der Waals surface area contributed by atoms with E-state index in [0.717, 1.165) is 0 Å². The van der Waals surface area contributed by atoms with Crippen LogP contribution in [0.4, 0.5) is 5.69 Å². The van der Waals surface area contributed by atoms with Crippen LogP contribution in [0, 0.1) is 0 Å². The van der Waals surface area contributed by atoms with Crippen molar-refractivity contribution in [1.29, 1.82) is 0 Å². The second-order valence-electron chi connectivity index (χ2n) is 4.84. The van der Waals surface area contributed by atoms with E-state index in [0.29, 0.717) is 23.8 Å². The molecule has 0 heterocycles. The Morgan fingerprint density at radius 2 is 2.06 bits per heavy atom. The Balaban J connectivity index is 2.86. The molecule has 1 rings (SSSR count). The zero-order chi connectivity index (χ0) is 13.7. The van der Waals surface area contributed by atoms with Crippen LogP contribution in [0.5, 0.6) is 5.75 Å². The number of nitrogens with one attached hydrogen (secondary N) is 1. The maximum Gasteiger partial charge on any atom is 0.226 e. The summed E-state index contributed by atoms with van der Waals surface area (Å²) in [5.74, 6) is 1.01. The number of nitrogens with two attached hydrogens (primary N) is 1. The molecule has 1 unspecified atom stereocenters. The van der Waals surface area contributed by atoms with Gasteiger partial charge in [0.15, 0.2) is 0 Å². The molecule has 0 saturated carbocycles. The van der Waals surface area contributed by atoms with Crippen molar-refractivity contribution in [2.24, 2.45) is 5.73 Å². The van der Waals surface area contributed by atoms with Gasteiger partial charge in [-0.2, -0.15) is 0 Å². The third-order valence-electron chi connectivity index (χ3n) is 2.67. The average Bonchev–Trinajstić information content (AvgIpc) is 2.27. The summed E-state index contributed by atoms with van der Waals surface area (Å²) in [6, 6.07) is 5.67. The molecular formula is C14H22N2O2. The minimum Gasteiger partial charge on any atom is -0.495 e. The van der Waals surface area contributed by atoms with Crippen molar-refractivity contribution in [2.45, 2.75) is 39.2 Å². The van der Waals surface area contributed by atoms with Crippen LogP contribution >= 0.6 is 0 Å². The number of carbonyl (C=O) groups excluding carboxylic acids is 1. The Morgan fingerprint density at radius 3 is 2.56 bits per heavy atom. The fraction of sp³-hybridized carbons (Fsp3) is 0.500. The summed E-state index contributed by atoms with van der Waals surface area (Å²) in [4.78, 5) is 11.7. The summed E-state index contributed by atoms with van der Waals surface area (Å²) in [5.41, 5.74) is 7.45. The molecule has 4 heteroatoms. The lowest BCUT2D eigenvalue weighted by molar-refractivity contribution is -0.116. The van der Waals surface area contributed by atoms with Crippen LogP contribution in [0.15, 0.2) is 18.2 Å². The minimum atomic E-state index is -0.147. The summed E-state index contributed by atoms with van der Waals surface area (Å²) in [5, 5.41) is 2.81. The second-order valence-corrected chi connectivity index (χ2v) is 4.84. The van der Waals surface area contributed by atoms with Crippen LogP contribution in [0.2, 0.25) is 0 Å². The van der Waals surface area contributed by atoms with Crippen molar-refractivity contribution in [1.82, 2.24) is 0 Å². The normalized spacial score (nSPS) is 12.3. The first-order valence-electron chi connectivity index (χ1n) is 6.17. The lowest BCUT2D eigenvalue weighted by Crippen LogP contribution is -2.24. The molecule has 0 aromatic heterocycles. The zero-order valence-corrected chi connectivity index (χ0v) is 11.5. The fourth-order valence-electron chi connectivity index (χ4n) is 1.66. The average molecular weight is 250 g/mol. The van der Waals surface area contributed by atoms with Gasteiger partial charge >= 0.3 is 0 Å². The van der Waals surface area contributed by atoms with E-state index in [2.05, 4.69) is 19.2 Å². The highest BCUT2D eigenvalue weighted by Gasteiger charge is 2.11. The van der Waals surface area contributed by atoms with Crippen molar-refractivity contribution in [2.75, 3.05) is 12.4 Å². The van der Waals surface area contributed by atoms with Crippen molar-refractivity contribution in [3.63, 3.8) is 0 Å². The SMILES string of the molecule is COc1cc(C(C)C)ccc1NC(=O)CC(C)N. The highest BCUT2D eigenvalue weighted by molar-refractivity contribution is 5.92.